The number of benzene rings is 1. The van der Waals surface area contributed by atoms with Crippen LogP contribution in [0.1, 0.15) is 23.2 Å². The summed E-state index contributed by atoms with van der Waals surface area (Å²) in [6, 6.07) is 11.6. The van der Waals surface area contributed by atoms with Gasteiger partial charge in [-0.3, -0.25) is 14.2 Å². The van der Waals surface area contributed by atoms with Gasteiger partial charge in [-0.1, -0.05) is 0 Å². The van der Waals surface area contributed by atoms with Gasteiger partial charge in [-0.25, -0.2) is 14.4 Å². The van der Waals surface area contributed by atoms with Crippen molar-refractivity contribution in [2.75, 3.05) is 18.4 Å². The highest BCUT2D eigenvalue weighted by Crippen LogP contribution is 2.32. The molecule has 180 valence electrons. The van der Waals surface area contributed by atoms with Gasteiger partial charge in [0.1, 0.15) is 23.5 Å². The van der Waals surface area contributed by atoms with Gasteiger partial charge >= 0.3 is 5.84 Å². The zero-order valence-corrected chi connectivity index (χ0v) is 19.2. The summed E-state index contributed by atoms with van der Waals surface area (Å²) in [7, 11) is 0. The predicted molar refractivity (Wildman–Crippen MR) is 131 cm³/mol. The molecule has 36 heavy (non-hydrogen) atoms. The number of halogens is 1. The number of likely N-dealkylation sites (tertiary alicyclic amines) is 1. The first-order valence-electron chi connectivity index (χ1n) is 11.7. The van der Waals surface area contributed by atoms with E-state index in [1.807, 2.05) is 15.4 Å². The summed E-state index contributed by atoms with van der Waals surface area (Å²) in [4.78, 5) is 32.3. The Morgan fingerprint density at radius 1 is 1.00 bits per heavy atom. The van der Waals surface area contributed by atoms with E-state index in [1.165, 1.54) is 12.1 Å². The lowest BCUT2D eigenvalue weighted by molar-refractivity contribution is 0.0718. The number of nitrogens with zero attached hydrogens (tertiary/aromatic N) is 6. The molecule has 0 bridgehead atoms. The fourth-order valence-electron chi connectivity index (χ4n) is 4.49. The summed E-state index contributed by atoms with van der Waals surface area (Å²) in [5.74, 6) is 0.621. The summed E-state index contributed by atoms with van der Waals surface area (Å²) in [5, 5.41) is 3.42. The average Bonchev–Trinajstić information content (AvgIpc) is 3.52. The van der Waals surface area contributed by atoms with E-state index in [0.29, 0.717) is 41.8 Å². The summed E-state index contributed by atoms with van der Waals surface area (Å²) in [6.07, 6.45) is 9.85. The van der Waals surface area contributed by atoms with Crippen LogP contribution in [0.25, 0.3) is 28.5 Å². The molecule has 1 aliphatic rings. The number of hydrogen-bond donors (Lipinski definition) is 1. The highest BCUT2D eigenvalue weighted by atomic mass is 19.1. The van der Waals surface area contributed by atoms with E-state index in [0.717, 1.165) is 24.1 Å². The minimum Gasteiger partial charge on any atom is -0.432 e. The molecule has 1 amide bonds. The van der Waals surface area contributed by atoms with Crippen LogP contribution < -0.4 is 5.32 Å². The summed E-state index contributed by atoms with van der Waals surface area (Å²) in [6.45, 7) is 1.29. The lowest BCUT2D eigenvalue weighted by atomic mass is 10.0. The maximum atomic E-state index is 13.5. The van der Waals surface area contributed by atoms with Crippen LogP contribution >= 0.6 is 0 Å². The van der Waals surface area contributed by atoms with Crippen molar-refractivity contribution in [3.63, 3.8) is 0 Å². The van der Waals surface area contributed by atoms with Crippen LogP contribution in [0.4, 0.5) is 10.3 Å². The number of aromatic nitrogens is 5. The Labute approximate surface area is 205 Å². The second-order valence-corrected chi connectivity index (χ2v) is 8.58. The van der Waals surface area contributed by atoms with Crippen LogP contribution in [0.2, 0.25) is 0 Å². The average molecular weight is 484 g/mol. The molecule has 0 spiro atoms. The molecular formula is C26H22FN7O2. The fraction of sp³-hybridized carbons (Fsp3) is 0.192. The number of fused-ring (bicyclic) bond motifs is 1. The number of nitrogens with one attached hydrogen (secondary N) is 1. The van der Waals surface area contributed by atoms with Gasteiger partial charge in [-0.05, 0) is 55.3 Å². The molecule has 1 saturated heterocycles. The maximum Gasteiger partial charge on any atom is 0.306 e. The number of imidazole rings is 1. The molecule has 5 aromatic rings. The predicted octanol–water partition coefficient (Wildman–Crippen LogP) is 4.30. The summed E-state index contributed by atoms with van der Waals surface area (Å²) >= 11 is 0. The van der Waals surface area contributed by atoms with Crippen molar-refractivity contribution in [2.24, 2.45) is 0 Å². The number of amides is 1. The van der Waals surface area contributed by atoms with Gasteiger partial charge in [0.15, 0.2) is 0 Å². The van der Waals surface area contributed by atoms with Crippen LogP contribution in [0.15, 0.2) is 77.9 Å². The molecule has 1 aromatic carbocycles. The molecule has 1 fully saturated rings. The molecule has 5 heterocycles. The molecule has 6 rings (SSSR count). The van der Waals surface area contributed by atoms with Crippen molar-refractivity contribution < 1.29 is 13.6 Å². The third-order valence-corrected chi connectivity index (χ3v) is 6.32. The molecule has 0 radical (unpaired) electrons. The number of oxazole rings is 1. The van der Waals surface area contributed by atoms with Crippen molar-refractivity contribution in [3.8, 4) is 22.6 Å². The second kappa shape index (κ2) is 9.21. The number of carbonyl (C=O) groups is 1. The van der Waals surface area contributed by atoms with Crippen LogP contribution in [-0.2, 0) is 0 Å². The Hall–Kier alpha value is -4.60. The number of hydrogen-bond acceptors (Lipinski definition) is 7. The zero-order valence-electron chi connectivity index (χ0n) is 19.2. The highest BCUT2D eigenvalue weighted by Gasteiger charge is 2.25. The van der Waals surface area contributed by atoms with E-state index in [-0.39, 0.29) is 17.8 Å². The number of carbonyl (C=O) groups excluding carboxylic acids is 1. The van der Waals surface area contributed by atoms with Gasteiger partial charge in [0.05, 0.1) is 5.69 Å². The topological polar surface area (TPSA) is 101 Å². The van der Waals surface area contributed by atoms with Crippen molar-refractivity contribution in [3.05, 3.63) is 84.9 Å². The number of piperidine rings is 1. The first-order chi connectivity index (χ1) is 17.7. The van der Waals surface area contributed by atoms with Gasteiger partial charge in [0.2, 0.25) is 5.95 Å². The zero-order chi connectivity index (χ0) is 24.5. The third kappa shape index (κ3) is 4.17. The van der Waals surface area contributed by atoms with E-state index in [9.17, 15) is 9.18 Å². The molecule has 10 heteroatoms. The third-order valence-electron chi connectivity index (χ3n) is 6.32. The Kier molecular flexibility index (Phi) is 5.61. The van der Waals surface area contributed by atoms with E-state index in [2.05, 4.69) is 20.3 Å². The van der Waals surface area contributed by atoms with Crippen molar-refractivity contribution in [2.45, 2.75) is 18.9 Å². The van der Waals surface area contributed by atoms with Crippen LogP contribution in [0.5, 0.6) is 0 Å². The van der Waals surface area contributed by atoms with Gasteiger partial charge in [0, 0.05) is 55.0 Å². The maximum absolute atomic E-state index is 13.5. The van der Waals surface area contributed by atoms with Gasteiger partial charge in [-0.2, -0.15) is 4.98 Å². The Morgan fingerprint density at radius 3 is 2.56 bits per heavy atom. The van der Waals surface area contributed by atoms with Crippen LogP contribution in [0.3, 0.4) is 0 Å². The van der Waals surface area contributed by atoms with Gasteiger partial charge < -0.3 is 14.6 Å². The van der Waals surface area contributed by atoms with Crippen LogP contribution in [0, 0.1) is 5.82 Å². The molecule has 1 N–H and O–H groups in total. The SMILES string of the molecule is O=C(c1ccncc1)N1CCC(Nc2nccc(-c3c(-c4ccc(F)cc4)nc4occn34)n2)CC1. The fourth-order valence-corrected chi connectivity index (χ4v) is 4.49. The molecule has 0 aliphatic carbocycles. The Morgan fingerprint density at radius 2 is 1.78 bits per heavy atom. The standard InChI is InChI=1S/C26H22FN7O2/c27-19-3-1-17(2-4-19)22-23(34-15-16-36-26(34)32-22)21-7-12-29-25(31-21)30-20-8-13-33(14-9-20)24(35)18-5-10-28-11-6-18/h1-7,10-12,15-16,20H,8-9,13-14H2,(H,29,30,31). The second-order valence-electron chi connectivity index (χ2n) is 8.58. The minimum absolute atomic E-state index is 0.0206. The number of anilines is 1. The molecule has 1 aliphatic heterocycles. The molecule has 0 atom stereocenters. The van der Waals surface area contributed by atoms with E-state index in [1.54, 1.807) is 55.3 Å². The largest absolute Gasteiger partial charge is 0.432 e. The first-order valence-corrected chi connectivity index (χ1v) is 11.7. The normalized spacial score (nSPS) is 14.3. The first kappa shape index (κ1) is 21.9. The summed E-state index contributed by atoms with van der Waals surface area (Å²) in [5.41, 5.74) is 3.43. The van der Waals surface area contributed by atoms with E-state index in [4.69, 9.17) is 9.40 Å². The van der Waals surface area contributed by atoms with Crippen molar-refractivity contribution in [1.29, 1.82) is 0 Å². The molecule has 0 saturated carbocycles. The van der Waals surface area contributed by atoms with E-state index >= 15 is 0 Å². The monoisotopic (exact) mass is 483 g/mol. The molecule has 4 aromatic heterocycles. The van der Waals surface area contributed by atoms with Crippen LogP contribution in [-0.4, -0.2) is 54.3 Å². The Balaban J connectivity index is 1.21. The van der Waals surface area contributed by atoms with Crippen molar-refractivity contribution in [1.82, 2.24) is 29.2 Å². The van der Waals surface area contributed by atoms with Crippen molar-refractivity contribution >= 4 is 17.7 Å². The quantitative estimate of drug-likeness (QED) is 0.398. The summed E-state index contributed by atoms with van der Waals surface area (Å²) < 4.78 is 20.8. The number of pyridine rings is 1. The minimum atomic E-state index is -0.315. The number of rotatable bonds is 5. The molecule has 0 unspecified atom stereocenters. The Bertz CT molecular complexity index is 1510. The van der Waals surface area contributed by atoms with Gasteiger partial charge in [-0.15, -0.1) is 0 Å². The lowest BCUT2D eigenvalue weighted by Gasteiger charge is -2.32. The van der Waals surface area contributed by atoms with E-state index < -0.39 is 0 Å². The lowest BCUT2D eigenvalue weighted by Crippen LogP contribution is -2.42. The van der Waals surface area contributed by atoms with Gasteiger partial charge in [0.25, 0.3) is 5.91 Å². The highest BCUT2D eigenvalue weighted by molar-refractivity contribution is 5.94. The smallest absolute Gasteiger partial charge is 0.306 e. The molecule has 9 nitrogen and oxygen atoms in total. The molecular weight excluding hydrogens is 461 g/mol.